The molecule has 0 spiro atoms. The zero-order chi connectivity index (χ0) is 11.1. The van der Waals surface area contributed by atoms with Crippen LogP contribution in [-0.2, 0) is 4.74 Å². The van der Waals surface area contributed by atoms with Gasteiger partial charge in [0.05, 0.1) is 13.2 Å². The smallest absolute Gasteiger partial charge is 0.410 e. The first kappa shape index (κ1) is 9.46. The van der Waals surface area contributed by atoms with Gasteiger partial charge in [-0.2, -0.15) is 0 Å². The number of hydrogen-bond donors (Lipinski definition) is 0. The summed E-state index contributed by atoms with van der Waals surface area (Å²) in [7, 11) is 1.43. The Hall–Kier alpha value is -1.77. The Morgan fingerprint density at radius 1 is 1.31 bits per heavy atom. The van der Waals surface area contributed by atoms with Crippen LogP contribution in [0.15, 0.2) is 36.4 Å². The fraction of sp³-hybridized carbons (Fsp3) is 0.308. The maximum absolute atomic E-state index is 11.6. The van der Waals surface area contributed by atoms with Gasteiger partial charge in [-0.15, -0.1) is 0 Å². The van der Waals surface area contributed by atoms with E-state index in [0.717, 1.165) is 6.54 Å². The number of rotatable bonds is 0. The zero-order valence-corrected chi connectivity index (χ0v) is 9.09. The van der Waals surface area contributed by atoms with Crippen molar-refractivity contribution in [3.05, 3.63) is 47.5 Å². The summed E-state index contributed by atoms with van der Waals surface area (Å²) < 4.78 is 4.81. The lowest BCUT2D eigenvalue weighted by Gasteiger charge is -2.41. The predicted octanol–water partition coefficient (Wildman–Crippen LogP) is 2.46. The molecule has 2 atom stereocenters. The van der Waals surface area contributed by atoms with Gasteiger partial charge in [0.1, 0.15) is 0 Å². The molecule has 2 unspecified atom stereocenters. The Kier molecular flexibility index (Phi) is 1.99. The van der Waals surface area contributed by atoms with Crippen molar-refractivity contribution in [2.75, 3.05) is 13.7 Å². The molecule has 0 saturated heterocycles. The van der Waals surface area contributed by atoms with Gasteiger partial charge in [0.2, 0.25) is 0 Å². The molecular formula is C13H13NO2. The van der Waals surface area contributed by atoms with Crippen LogP contribution >= 0.6 is 0 Å². The van der Waals surface area contributed by atoms with Crippen molar-refractivity contribution in [2.45, 2.75) is 12.0 Å². The first-order valence-electron chi connectivity index (χ1n) is 5.43. The minimum atomic E-state index is -0.242. The van der Waals surface area contributed by atoms with Crippen LogP contribution < -0.4 is 0 Å². The molecule has 2 aliphatic heterocycles. The Bertz CT molecular complexity index is 467. The van der Waals surface area contributed by atoms with E-state index in [4.69, 9.17) is 4.74 Å². The molecular weight excluding hydrogens is 202 g/mol. The van der Waals surface area contributed by atoms with Crippen molar-refractivity contribution < 1.29 is 9.53 Å². The SMILES string of the molecule is COC(=O)N1CC2C=CC1c1ccccc12. The number of amides is 1. The van der Waals surface area contributed by atoms with E-state index in [1.807, 2.05) is 6.07 Å². The van der Waals surface area contributed by atoms with Crippen molar-refractivity contribution in [1.82, 2.24) is 4.90 Å². The highest BCUT2D eigenvalue weighted by Gasteiger charge is 2.37. The monoisotopic (exact) mass is 215 g/mol. The molecule has 1 amide bonds. The van der Waals surface area contributed by atoms with Crippen molar-refractivity contribution in [3.8, 4) is 0 Å². The van der Waals surface area contributed by atoms with Gasteiger partial charge in [-0.05, 0) is 11.1 Å². The lowest BCUT2D eigenvalue weighted by atomic mass is 9.80. The Balaban J connectivity index is 2.05. The van der Waals surface area contributed by atoms with Gasteiger partial charge in [-0.3, -0.25) is 4.90 Å². The maximum Gasteiger partial charge on any atom is 0.410 e. The fourth-order valence-electron chi connectivity index (χ4n) is 2.63. The summed E-state index contributed by atoms with van der Waals surface area (Å²) in [4.78, 5) is 13.4. The van der Waals surface area contributed by atoms with Gasteiger partial charge in [0, 0.05) is 12.5 Å². The van der Waals surface area contributed by atoms with Crippen LogP contribution in [0.4, 0.5) is 4.79 Å². The highest BCUT2D eigenvalue weighted by molar-refractivity contribution is 5.70. The van der Waals surface area contributed by atoms with E-state index in [0.29, 0.717) is 5.92 Å². The summed E-state index contributed by atoms with van der Waals surface area (Å²) in [5.74, 6) is 0.320. The topological polar surface area (TPSA) is 29.5 Å². The molecule has 1 aromatic carbocycles. The molecule has 0 N–H and O–H groups in total. The quantitative estimate of drug-likeness (QED) is 0.622. The van der Waals surface area contributed by atoms with Crippen LogP contribution in [0.1, 0.15) is 23.1 Å². The molecule has 4 rings (SSSR count). The summed E-state index contributed by atoms with van der Waals surface area (Å²) in [6.07, 6.45) is 4.04. The number of fused-ring (bicyclic) bond motifs is 1. The Morgan fingerprint density at radius 3 is 2.81 bits per heavy atom. The van der Waals surface area contributed by atoms with Crippen molar-refractivity contribution in [2.24, 2.45) is 0 Å². The average molecular weight is 215 g/mol. The van der Waals surface area contributed by atoms with Crippen LogP contribution in [-0.4, -0.2) is 24.6 Å². The van der Waals surface area contributed by atoms with Gasteiger partial charge in [0.25, 0.3) is 0 Å². The van der Waals surface area contributed by atoms with E-state index in [1.54, 1.807) is 4.90 Å². The third-order valence-corrected chi connectivity index (χ3v) is 3.38. The van der Waals surface area contributed by atoms with Gasteiger partial charge >= 0.3 is 6.09 Å². The van der Waals surface area contributed by atoms with Crippen LogP contribution in [0.25, 0.3) is 0 Å². The van der Waals surface area contributed by atoms with Crippen molar-refractivity contribution >= 4 is 6.09 Å². The first-order valence-corrected chi connectivity index (χ1v) is 5.43. The van der Waals surface area contributed by atoms with Crippen LogP contribution in [0.2, 0.25) is 0 Å². The molecule has 16 heavy (non-hydrogen) atoms. The molecule has 0 aromatic heterocycles. The normalized spacial score (nSPS) is 25.4. The molecule has 3 aliphatic rings. The van der Waals surface area contributed by atoms with E-state index < -0.39 is 0 Å². The molecule has 3 heteroatoms. The third kappa shape index (κ3) is 1.18. The van der Waals surface area contributed by atoms with Crippen LogP contribution in [0.3, 0.4) is 0 Å². The van der Waals surface area contributed by atoms with Gasteiger partial charge in [-0.1, -0.05) is 36.4 Å². The first-order chi connectivity index (χ1) is 7.81. The molecule has 2 heterocycles. The summed E-state index contributed by atoms with van der Waals surface area (Å²) in [6.45, 7) is 0.727. The van der Waals surface area contributed by atoms with Gasteiger partial charge < -0.3 is 4.74 Å². The summed E-state index contributed by atoms with van der Waals surface area (Å²) in [5, 5.41) is 0. The molecule has 0 fully saturated rings. The number of methoxy groups -OCH3 is 1. The summed E-state index contributed by atoms with van der Waals surface area (Å²) in [6, 6.07) is 8.35. The standard InChI is InChI=1S/C13H13NO2/c1-16-13(15)14-8-9-6-7-12(14)11-5-3-2-4-10(9)11/h2-7,9,12H,8H2,1H3. The fourth-order valence-corrected chi connectivity index (χ4v) is 2.63. The minimum absolute atomic E-state index is 0.0497. The number of benzene rings is 1. The molecule has 82 valence electrons. The van der Waals surface area contributed by atoms with E-state index in [9.17, 15) is 4.79 Å². The summed E-state index contributed by atoms with van der Waals surface area (Å²) in [5.41, 5.74) is 2.57. The van der Waals surface area contributed by atoms with E-state index in [2.05, 4.69) is 30.4 Å². The third-order valence-electron chi connectivity index (χ3n) is 3.38. The van der Waals surface area contributed by atoms with E-state index in [1.165, 1.54) is 18.2 Å². The predicted molar refractivity (Wildman–Crippen MR) is 60.2 cm³/mol. The second-order valence-electron chi connectivity index (χ2n) is 4.19. The average Bonchev–Trinajstić information content (AvgIpc) is 2.38. The molecule has 0 radical (unpaired) electrons. The van der Waals surface area contributed by atoms with Crippen molar-refractivity contribution in [3.63, 3.8) is 0 Å². The van der Waals surface area contributed by atoms with Crippen LogP contribution in [0.5, 0.6) is 0 Å². The minimum Gasteiger partial charge on any atom is -0.453 e. The Morgan fingerprint density at radius 2 is 2.06 bits per heavy atom. The highest BCUT2D eigenvalue weighted by atomic mass is 16.5. The number of hydrogen-bond acceptors (Lipinski definition) is 2. The molecule has 1 aliphatic carbocycles. The van der Waals surface area contributed by atoms with Gasteiger partial charge in [0.15, 0.2) is 0 Å². The van der Waals surface area contributed by atoms with Crippen molar-refractivity contribution in [1.29, 1.82) is 0 Å². The largest absolute Gasteiger partial charge is 0.453 e. The molecule has 2 bridgehead atoms. The lowest BCUT2D eigenvalue weighted by molar-refractivity contribution is 0.104. The maximum atomic E-state index is 11.6. The number of carbonyl (C=O) groups is 1. The number of carbonyl (C=O) groups excluding carboxylic acids is 1. The Labute approximate surface area is 94.3 Å². The molecule has 3 nitrogen and oxygen atoms in total. The second-order valence-corrected chi connectivity index (χ2v) is 4.19. The number of ether oxygens (including phenoxy) is 1. The highest BCUT2D eigenvalue weighted by Crippen LogP contribution is 2.42. The van der Waals surface area contributed by atoms with Gasteiger partial charge in [-0.25, -0.2) is 4.79 Å². The van der Waals surface area contributed by atoms with Crippen LogP contribution in [0, 0.1) is 0 Å². The molecule has 0 saturated carbocycles. The zero-order valence-electron chi connectivity index (χ0n) is 9.09. The summed E-state index contributed by atoms with van der Waals surface area (Å²) >= 11 is 0. The van der Waals surface area contributed by atoms with E-state index >= 15 is 0 Å². The molecule has 1 aromatic rings. The lowest BCUT2D eigenvalue weighted by Crippen LogP contribution is -2.43. The second kappa shape index (κ2) is 3.37. The van der Waals surface area contributed by atoms with E-state index in [-0.39, 0.29) is 12.1 Å². The number of nitrogens with zero attached hydrogens (tertiary/aromatic N) is 1.